The molecule has 0 unspecified atom stereocenters. The number of halogens is 1. The molecule has 0 saturated heterocycles. The van der Waals surface area contributed by atoms with Crippen LogP contribution in [0.5, 0.6) is 0 Å². The summed E-state index contributed by atoms with van der Waals surface area (Å²) in [6, 6.07) is 7.48. The van der Waals surface area contributed by atoms with Crippen molar-refractivity contribution in [2.45, 2.75) is 6.61 Å². The number of ether oxygens (including phenoxy) is 2. The van der Waals surface area contributed by atoms with Crippen molar-refractivity contribution in [2.75, 3.05) is 25.7 Å². The minimum Gasteiger partial charge on any atom is -0.382 e. The van der Waals surface area contributed by atoms with Gasteiger partial charge in [0.2, 0.25) is 0 Å². The number of hydrogen-bond donors (Lipinski definition) is 0. The van der Waals surface area contributed by atoms with Crippen LogP contribution in [0.2, 0.25) is 0 Å². The molecule has 0 amide bonds. The summed E-state index contributed by atoms with van der Waals surface area (Å²) in [5, 5.41) is 0.335. The van der Waals surface area contributed by atoms with Gasteiger partial charge < -0.3 is 9.47 Å². The zero-order valence-electron chi connectivity index (χ0n) is 9.24. The third-order valence-electron chi connectivity index (χ3n) is 2.13. The van der Waals surface area contributed by atoms with E-state index in [1.807, 2.05) is 24.3 Å². The molecule has 1 aromatic carbocycles. The molecule has 1 rings (SSSR count). The Morgan fingerprint density at radius 1 is 1.31 bits per heavy atom. The molecule has 0 aromatic heterocycles. The fraction of sp³-hybridized carbons (Fsp3) is 0.417. The van der Waals surface area contributed by atoms with Gasteiger partial charge in [-0.05, 0) is 5.56 Å². The fourth-order valence-corrected chi connectivity index (χ4v) is 1.62. The highest BCUT2D eigenvalue weighted by atomic mass is 79.9. The highest BCUT2D eigenvalue weighted by Gasteiger charge is 2.08. The van der Waals surface area contributed by atoms with Crippen LogP contribution >= 0.6 is 15.9 Å². The molecular formula is C12H15BrO3. The molecule has 0 aliphatic heterocycles. The molecule has 0 bridgehead atoms. The molecule has 88 valence electrons. The van der Waals surface area contributed by atoms with Gasteiger partial charge in [-0.25, -0.2) is 0 Å². The SMILES string of the molecule is COCCOCc1ccccc1C(=O)CBr. The Hall–Kier alpha value is -0.710. The van der Waals surface area contributed by atoms with E-state index in [0.29, 0.717) is 25.2 Å². The van der Waals surface area contributed by atoms with Gasteiger partial charge in [0.15, 0.2) is 5.78 Å². The van der Waals surface area contributed by atoms with Gasteiger partial charge in [-0.3, -0.25) is 4.79 Å². The summed E-state index contributed by atoms with van der Waals surface area (Å²) in [5.41, 5.74) is 1.64. The average Bonchev–Trinajstić information content (AvgIpc) is 2.34. The van der Waals surface area contributed by atoms with E-state index in [-0.39, 0.29) is 5.78 Å². The number of hydrogen-bond acceptors (Lipinski definition) is 3. The highest BCUT2D eigenvalue weighted by Crippen LogP contribution is 2.12. The maximum Gasteiger partial charge on any atom is 0.173 e. The van der Waals surface area contributed by atoms with E-state index in [1.54, 1.807) is 7.11 Å². The molecule has 0 heterocycles. The van der Waals surface area contributed by atoms with Crippen molar-refractivity contribution >= 4 is 21.7 Å². The summed E-state index contributed by atoms with van der Waals surface area (Å²) >= 11 is 3.17. The Kier molecular flexibility index (Phi) is 6.30. The van der Waals surface area contributed by atoms with Crippen LogP contribution in [0.15, 0.2) is 24.3 Å². The van der Waals surface area contributed by atoms with E-state index in [4.69, 9.17) is 9.47 Å². The van der Waals surface area contributed by atoms with E-state index >= 15 is 0 Å². The summed E-state index contributed by atoms with van der Waals surface area (Å²) in [7, 11) is 1.63. The lowest BCUT2D eigenvalue weighted by Crippen LogP contribution is -2.08. The second kappa shape index (κ2) is 7.54. The molecule has 0 aliphatic carbocycles. The zero-order chi connectivity index (χ0) is 11.8. The van der Waals surface area contributed by atoms with Gasteiger partial charge in [0, 0.05) is 12.7 Å². The lowest BCUT2D eigenvalue weighted by atomic mass is 10.1. The fourth-order valence-electron chi connectivity index (χ4n) is 1.31. The maximum absolute atomic E-state index is 11.6. The second-order valence-corrected chi connectivity index (χ2v) is 3.82. The summed E-state index contributed by atoms with van der Waals surface area (Å²) in [6.45, 7) is 1.54. The number of carbonyl (C=O) groups excluding carboxylic acids is 1. The van der Waals surface area contributed by atoms with E-state index in [0.717, 1.165) is 11.1 Å². The van der Waals surface area contributed by atoms with Crippen molar-refractivity contribution in [2.24, 2.45) is 0 Å². The van der Waals surface area contributed by atoms with Crippen molar-refractivity contribution in [3.8, 4) is 0 Å². The number of rotatable bonds is 7. The number of alkyl halides is 1. The van der Waals surface area contributed by atoms with Gasteiger partial charge >= 0.3 is 0 Å². The summed E-state index contributed by atoms with van der Waals surface area (Å²) in [6.07, 6.45) is 0. The van der Waals surface area contributed by atoms with Crippen LogP contribution in [0.1, 0.15) is 15.9 Å². The molecule has 0 fully saturated rings. The van der Waals surface area contributed by atoms with Crippen LogP contribution in [0.4, 0.5) is 0 Å². The van der Waals surface area contributed by atoms with Crippen molar-refractivity contribution in [3.63, 3.8) is 0 Å². The molecule has 0 radical (unpaired) electrons. The predicted octanol–water partition coefficient (Wildman–Crippen LogP) is 2.43. The van der Waals surface area contributed by atoms with Crippen molar-refractivity contribution in [1.29, 1.82) is 0 Å². The van der Waals surface area contributed by atoms with Crippen molar-refractivity contribution < 1.29 is 14.3 Å². The third-order valence-corrected chi connectivity index (χ3v) is 2.64. The standard InChI is InChI=1S/C12H15BrO3/c1-15-6-7-16-9-10-4-2-3-5-11(10)12(14)8-13/h2-5H,6-9H2,1H3. The maximum atomic E-state index is 11.6. The lowest BCUT2D eigenvalue weighted by molar-refractivity contribution is 0.0611. The second-order valence-electron chi connectivity index (χ2n) is 3.26. The molecule has 0 saturated carbocycles. The minimum absolute atomic E-state index is 0.0749. The van der Waals surface area contributed by atoms with Crippen LogP contribution in [-0.4, -0.2) is 31.4 Å². The molecule has 0 spiro atoms. The normalized spacial score (nSPS) is 10.4. The molecule has 0 N–H and O–H groups in total. The first-order valence-corrected chi connectivity index (χ1v) is 6.15. The van der Waals surface area contributed by atoms with Crippen LogP contribution in [0.25, 0.3) is 0 Å². The molecule has 0 atom stereocenters. The van der Waals surface area contributed by atoms with Gasteiger partial charge in [-0.2, -0.15) is 0 Å². The van der Waals surface area contributed by atoms with Gasteiger partial charge in [-0.1, -0.05) is 40.2 Å². The van der Waals surface area contributed by atoms with E-state index in [1.165, 1.54) is 0 Å². The highest BCUT2D eigenvalue weighted by molar-refractivity contribution is 9.09. The number of carbonyl (C=O) groups is 1. The molecule has 4 heteroatoms. The molecule has 0 aliphatic rings. The Bertz CT molecular complexity index is 339. The average molecular weight is 287 g/mol. The number of Topliss-reactive ketones (excluding diaryl/α,β-unsaturated/α-hetero) is 1. The number of ketones is 1. The smallest absolute Gasteiger partial charge is 0.173 e. The van der Waals surface area contributed by atoms with Crippen LogP contribution in [0, 0.1) is 0 Å². The van der Waals surface area contributed by atoms with Crippen LogP contribution in [-0.2, 0) is 16.1 Å². The summed E-state index contributed by atoms with van der Waals surface area (Å²) in [4.78, 5) is 11.6. The first-order chi connectivity index (χ1) is 7.79. The quantitative estimate of drug-likeness (QED) is 0.439. The topological polar surface area (TPSA) is 35.5 Å². The van der Waals surface area contributed by atoms with Gasteiger partial charge in [0.25, 0.3) is 0 Å². The molecule has 16 heavy (non-hydrogen) atoms. The van der Waals surface area contributed by atoms with Crippen LogP contribution in [0.3, 0.4) is 0 Å². The lowest BCUT2D eigenvalue weighted by Gasteiger charge is -2.08. The first-order valence-electron chi connectivity index (χ1n) is 5.03. The monoisotopic (exact) mass is 286 g/mol. The van der Waals surface area contributed by atoms with Crippen molar-refractivity contribution in [3.05, 3.63) is 35.4 Å². The molecule has 1 aromatic rings. The molecule has 3 nitrogen and oxygen atoms in total. The Balaban J connectivity index is 2.60. The van der Waals surface area contributed by atoms with Crippen LogP contribution < -0.4 is 0 Å². The largest absolute Gasteiger partial charge is 0.382 e. The van der Waals surface area contributed by atoms with Gasteiger partial charge in [0.05, 0.1) is 25.2 Å². The van der Waals surface area contributed by atoms with Gasteiger partial charge in [0.1, 0.15) is 0 Å². The number of benzene rings is 1. The van der Waals surface area contributed by atoms with Crippen molar-refractivity contribution in [1.82, 2.24) is 0 Å². The Labute approximate surface area is 104 Å². The van der Waals surface area contributed by atoms with E-state index in [2.05, 4.69) is 15.9 Å². The minimum atomic E-state index is 0.0749. The van der Waals surface area contributed by atoms with E-state index in [9.17, 15) is 4.79 Å². The molecular weight excluding hydrogens is 272 g/mol. The third kappa shape index (κ3) is 4.04. The predicted molar refractivity (Wildman–Crippen MR) is 66.1 cm³/mol. The van der Waals surface area contributed by atoms with Gasteiger partial charge in [-0.15, -0.1) is 0 Å². The number of methoxy groups -OCH3 is 1. The Morgan fingerprint density at radius 3 is 2.75 bits per heavy atom. The summed E-state index contributed by atoms with van der Waals surface area (Å²) in [5.74, 6) is 0.0749. The summed E-state index contributed by atoms with van der Waals surface area (Å²) < 4.78 is 10.3. The zero-order valence-corrected chi connectivity index (χ0v) is 10.8. The first kappa shape index (κ1) is 13.4. The Morgan fingerprint density at radius 2 is 2.06 bits per heavy atom. The van der Waals surface area contributed by atoms with E-state index < -0.39 is 0 Å².